The molecule has 1 unspecified atom stereocenters. The van der Waals surface area contributed by atoms with Crippen molar-refractivity contribution in [1.29, 1.82) is 0 Å². The Kier molecular flexibility index (Phi) is 4.97. The third kappa shape index (κ3) is 3.86. The third-order valence-electron chi connectivity index (χ3n) is 2.94. The molecular formula is C15H14N2O5S. The highest BCUT2D eigenvalue weighted by atomic mass is 32.1. The van der Waals surface area contributed by atoms with E-state index in [4.69, 9.17) is 10.5 Å². The lowest BCUT2D eigenvalue weighted by molar-refractivity contribution is -0.123. The van der Waals surface area contributed by atoms with Crippen LogP contribution in [-0.2, 0) is 9.53 Å². The number of anilines is 1. The second-order valence-electron chi connectivity index (χ2n) is 4.58. The number of aromatic hydroxyl groups is 1. The van der Waals surface area contributed by atoms with Gasteiger partial charge in [-0.25, -0.2) is 4.79 Å². The third-order valence-corrected chi connectivity index (χ3v) is 3.77. The molecule has 0 saturated carbocycles. The number of hydrogen-bond acceptors (Lipinski definition) is 6. The van der Waals surface area contributed by atoms with E-state index in [-0.39, 0.29) is 21.9 Å². The summed E-state index contributed by atoms with van der Waals surface area (Å²) in [6.45, 7) is 1.38. The Balaban J connectivity index is 2.03. The molecule has 120 valence electrons. The predicted molar refractivity (Wildman–Crippen MR) is 84.5 cm³/mol. The maximum absolute atomic E-state index is 12.0. The first kappa shape index (κ1) is 16.5. The van der Waals surface area contributed by atoms with Crippen LogP contribution in [0.3, 0.4) is 0 Å². The molecule has 1 heterocycles. The van der Waals surface area contributed by atoms with Crippen LogP contribution in [0.2, 0.25) is 0 Å². The zero-order chi connectivity index (χ0) is 17.0. The van der Waals surface area contributed by atoms with Gasteiger partial charge in [-0.05, 0) is 30.5 Å². The zero-order valence-electron chi connectivity index (χ0n) is 12.1. The fourth-order valence-corrected chi connectivity index (χ4v) is 2.53. The SMILES string of the molecule is CC(OC(=O)c1ccccc1O)C(=O)Nc1sccc1C(N)=O. The summed E-state index contributed by atoms with van der Waals surface area (Å²) >= 11 is 1.13. The number of para-hydroxylation sites is 1. The Morgan fingerprint density at radius 3 is 2.57 bits per heavy atom. The van der Waals surface area contributed by atoms with Gasteiger partial charge in [-0.3, -0.25) is 9.59 Å². The number of thiophene rings is 1. The van der Waals surface area contributed by atoms with E-state index < -0.39 is 23.9 Å². The van der Waals surface area contributed by atoms with Gasteiger partial charge in [0, 0.05) is 0 Å². The van der Waals surface area contributed by atoms with Crippen LogP contribution in [-0.4, -0.2) is 29.0 Å². The number of carbonyl (C=O) groups is 3. The summed E-state index contributed by atoms with van der Waals surface area (Å²) in [5.41, 5.74) is 5.33. The highest BCUT2D eigenvalue weighted by Gasteiger charge is 2.22. The summed E-state index contributed by atoms with van der Waals surface area (Å²) in [4.78, 5) is 35.2. The van der Waals surface area contributed by atoms with E-state index in [9.17, 15) is 19.5 Å². The summed E-state index contributed by atoms with van der Waals surface area (Å²) in [5.74, 6) is -2.34. The summed E-state index contributed by atoms with van der Waals surface area (Å²) in [6.07, 6.45) is -1.12. The molecular weight excluding hydrogens is 320 g/mol. The molecule has 0 fully saturated rings. The Hall–Kier alpha value is -2.87. The van der Waals surface area contributed by atoms with Crippen molar-refractivity contribution < 1.29 is 24.2 Å². The van der Waals surface area contributed by atoms with Gasteiger partial charge in [0.25, 0.3) is 11.8 Å². The quantitative estimate of drug-likeness (QED) is 0.720. The molecule has 1 atom stereocenters. The van der Waals surface area contributed by atoms with Crippen molar-refractivity contribution in [2.75, 3.05) is 5.32 Å². The van der Waals surface area contributed by atoms with Crippen LogP contribution < -0.4 is 11.1 Å². The highest BCUT2D eigenvalue weighted by Crippen LogP contribution is 2.23. The lowest BCUT2D eigenvalue weighted by Gasteiger charge is -2.13. The molecule has 0 aliphatic carbocycles. The van der Waals surface area contributed by atoms with Gasteiger partial charge in [0.05, 0.1) is 5.56 Å². The predicted octanol–water partition coefficient (Wildman–Crippen LogP) is 1.74. The van der Waals surface area contributed by atoms with Gasteiger partial charge in [-0.1, -0.05) is 12.1 Å². The Morgan fingerprint density at radius 1 is 1.22 bits per heavy atom. The van der Waals surface area contributed by atoms with Crippen molar-refractivity contribution in [3.63, 3.8) is 0 Å². The van der Waals surface area contributed by atoms with Crippen molar-refractivity contribution in [3.8, 4) is 5.75 Å². The van der Waals surface area contributed by atoms with Crippen LogP contribution in [0.15, 0.2) is 35.7 Å². The summed E-state index contributed by atoms with van der Waals surface area (Å²) in [5, 5.41) is 14.0. The van der Waals surface area contributed by atoms with Crippen LogP contribution in [0, 0.1) is 0 Å². The summed E-state index contributed by atoms with van der Waals surface area (Å²) < 4.78 is 5.01. The second-order valence-corrected chi connectivity index (χ2v) is 5.50. The first-order valence-corrected chi connectivity index (χ1v) is 7.45. The lowest BCUT2D eigenvalue weighted by Crippen LogP contribution is -2.30. The number of rotatable bonds is 5. The molecule has 4 N–H and O–H groups in total. The van der Waals surface area contributed by atoms with E-state index in [0.29, 0.717) is 0 Å². The van der Waals surface area contributed by atoms with Crippen LogP contribution in [0.4, 0.5) is 5.00 Å². The van der Waals surface area contributed by atoms with Crippen LogP contribution in [0.25, 0.3) is 0 Å². The first-order chi connectivity index (χ1) is 10.9. The second kappa shape index (κ2) is 6.93. The number of carbonyl (C=O) groups excluding carboxylic acids is 3. The number of nitrogens with one attached hydrogen (secondary N) is 1. The Labute approximate surface area is 135 Å². The number of esters is 1. The molecule has 8 heteroatoms. The maximum atomic E-state index is 12.0. The number of ether oxygens (including phenoxy) is 1. The summed E-state index contributed by atoms with van der Waals surface area (Å²) in [7, 11) is 0. The molecule has 2 rings (SSSR count). The number of nitrogens with two attached hydrogens (primary N) is 1. The molecule has 1 aromatic carbocycles. The minimum Gasteiger partial charge on any atom is -0.507 e. The maximum Gasteiger partial charge on any atom is 0.342 e. The molecule has 0 aliphatic heterocycles. The fourth-order valence-electron chi connectivity index (χ4n) is 1.74. The monoisotopic (exact) mass is 334 g/mol. The van der Waals surface area contributed by atoms with Gasteiger partial charge >= 0.3 is 5.97 Å². The van der Waals surface area contributed by atoms with Crippen molar-refractivity contribution in [3.05, 3.63) is 46.8 Å². The number of hydrogen-bond donors (Lipinski definition) is 3. The smallest absolute Gasteiger partial charge is 0.342 e. The van der Waals surface area contributed by atoms with Crippen LogP contribution in [0.5, 0.6) is 5.75 Å². The van der Waals surface area contributed by atoms with Gasteiger partial charge in [-0.15, -0.1) is 11.3 Å². The average molecular weight is 334 g/mol. The molecule has 2 aromatic rings. The largest absolute Gasteiger partial charge is 0.507 e. The molecule has 0 saturated heterocycles. The number of benzene rings is 1. The zero-order valence-corrected chi connectivity index (χ0v) is 12.9. The van der Waals surface area contributed by atoms with E-state index in [1.54, 1.807) is 17.5 Å². The minimum atomic E-state index is -1.12. The first-order valence-electron chi connectivity index (χ1n) is 6.57. The topological polar surface area (TPSA) is 119 Å². The van der Waals surface area contributed by atoms with Gasteiger partial charge in [0.15, 0.2) is 6.10 Å². The van der Waals surface area contributed by atoms with Gasteiger partial charge in [0.1, 0.15) is 16.3 Å². The van der Waals surface area contributed by atoms with Crippen LogP contribution >= 0.6 is 11.3 Å². The molecule has 7 nitrogen and oxygen atoms in total. The minimum absolute atomic E-state index is 0.0406. The molecule has 0 radical (unpaired) electrons. The fraction of sp³-hybridized carbons (Fsp3) is 0.133. The number of amides is 2. The van der Waals surface area contributed by atoms with Crippen molar-refractivity contribution >= 4 is 34.1 Å². The van der Waals surface area contributed by atoms with Crippen LogP contribution in [0.1, 0.15) is 27.6 Å². The van der Waals surface area contributed by atoms with Gasteiger partial charge in [0.2, 0.25) is 0 Å². The van der Waals surface area contributed by atoms with E-state index in [1.165, 1.54) is 25.1 Å². The van der Waals surface area contributed by atoms with E-state index in [0.717, 1.165) is 11.3 Å². The molecule has 2 amide bonds. The lowest BCUT2D eigenvalue weighted by atomic mass is 10.2. The molecule has 0 aliphatic rings. The van der Waals surface area contributed by atoms with E-state index in [1.807, 2.05) is 0 Å². The Morgan fingerprint density at radius 2 is 1.91 bits per heavy atom. The number of phenols is 1. The Bertz CT molecular complexity index is 756. The number of phenolic OH excluding ortho intramolecular Hbond substituents is 1. The van der Waals surface area contributed by atoms with Gasteiger partial charge in [-0.2, -0.15) is 0 Å². The standard InChI is InChI=1S/C15H14N2O5S/c1-8(22-15(21)9-4-2-3-5-11(9)18)13(20)17-14-10(12(16)19)6-7-23-14/h2-8,18H,1H3,(H2,16,19)(H,17,20). The van der Waals surface area contributed by atoms with Gasteiger partial charge < -0.3 is 20.9 Å². The van der Waals surface area contributed by atoms with E-state index >= 15 is 0 Å². The van der Waals surface area contributed by atoms with Crippen molar-refractivity contribution in [1.82, 2.24) is 0 Å². The molecule has 0 spiro atoms. The van der Waals surface area contributed by atoms with Crippen molar-refractivity contribution in [2.45, 2.75) is 13.0 Å². The summed E-state index contributed by atoms with van der Waals surface area (Å²) in [6, 6.07) is 7.33. The molecule has 0 bridgehead atoms. The average Bonchev–Trinajstić information content (AvgIpc) is 2.95. The highest BCUT2D eigenvalue weighted by molar-refractivity contribution is 7.14. The molecule has 23 heavy (non-hydrogen) atoms. The van der Waals surface area contributed by atoms with Crippen molar-refractivity contribution in [2.24, 2.45) is 5.73 Å². The molecule has 1 aromatic heterocycles. The van der Waals surface area contributed by atoms with E-state index in [2.05, 4.69) is 5.32 Å². The normalized spacial score (nSPS) is 11.5. The number of primary amides is 1.